The lowest BCUT2D eigenvalue weighted by Gasteiger charge is -2.05. The molecule has 7 heteroatoms. The fraction of sp³-hybridized carbons (Fsp3) is 0.0769. The third-order valence-corrected chi connectivity index (χ3v) is 2.99. The van der Waals surface area contributed by atoms with Gasteiger partial charge in [0.2, 0.25) is 0 Å². The molecule has 2 aromatic heterocycles. The first-order valence-electron chi connectivity index (χ1n) is 5.73. The van der Waals surface area contributed by atoms with E-state index in [0.717, 1.165) is 17.7 Å². The monoisotopic (exact) mass is 278 g/mol. The molecule has 2 heterocycles. The Labute approximate surface area is 111 Å². The minimum Gasteiger partial charge on any atom is -0.398 e. The Morgan fingerprint density at radius 3 is 2.60 bits per heavy atom. The number of benzene rings is 1. The van der Waals surface area contributed by atoms with E-state index in [1.54, 1.807) is 13.0 Å². The van der Waals surface area contributed by atoms with Gasteiger partial charge in [-0.05, 0) is 30.7 Å². The molecule has 3 rings (SSSR count). The van der Waals surface area contributed by atoms with Crippen LogP contribution < -0.4 is 5.73 Å². The van der Waals surface area contributed by atoms with E-state index >= 15 is 0 Å². The van der Waals surface area contributed by atoms with Crippen molar-refractivity contribution in [2.24, 2.45) is 0 Å². The molecule has 0 bridgehead atoms. The minimum atomic E-state index is -1.54. The Morgan fingerprint density at radius 1 is 1.10 bits per heavy atom. The number of nitrogens with zero attached hydrogens (tertiary/aromatic N) is 3. The first-order valence-corrected chi connectivity index (χ1v) is 5.73. The number of halogens is 3. The summed E-state index contributed by atoms with van der Waals surface area (Å²) in [6.45, 7) is 1.77. The SMILES string of the molecule is Cc1cc(N)cn2c(-c3ccc(F)c(F)c3F)nnc12. The van der Waals surface area contributed by atoms with Gasteiger partial charge in [0.15, 0.2) is 28.9 Å². The predicted octanol–water partition coefficient (Wildman–Crippen LogP) is 2.70. The van der Waals surface area contributed by atoms with Crippen molar-refractivity contribution < 1.29 is 13.2 Å². The van der Waals surface area contributed by atoms with E-state index in [1.807, 2.05) is 0 Å². The van der Waals surface area contributed by atoms with E-state index in [-0.39, 0.29) is 11.4 Å². The number of hydrogen-bond acceptors (Lipinski definition) is 3. The third-order valence-electron chi connectivity index (χ3n) is 2.99. The van der Waals surface area contributed by atoms with Crippen molar-refractivity contribution in [2.45, 2.75) is 6.92 Å². The van der Waals surface area contributed by atoms with Crippen LogP contribution in [0.3, 0.4) is 0 Å². The summed E-state index contributed by atoms with van der Waals surface area (Å²) >= 11 is 0. The van der Waals surface area contributed by atoms with Gasteiger partial charge < -0.3 is 5.73 Å². The Hall–Kier alpha value is -2.57. The molecule has 0 fully saturated rings. The first-order chi connectivity index (χ1) is 9.49. The molecule has 0 saturated carbocycles. The van der Waals surface area contributed by atoms with E-state index in [2.05, 4.69) is 10.2 Å². The van der Waals surface area contributed by atoms with Crippen LogP contribution in [0.15, 0.2) is 24.4 Å². The summed E-state index contributed by atoms with van der Waals surface area (Å²) in [5.41, 5.74) is 7.18. The normalized spacial score (nSPS) is 11.2. The maximum atomic E-state index is 13.8. The zero-order valence-corrected chi connectivity index (χ0v) is 10.4. The summed E-state index contributed by atoms with van der Waals surface area (Å²) in [6, 6.07) is 3.64. The van der Waals surface area contributed by atoms with Crippen molar-refractivity contribution in [1.29, 1.82) is 0 Å². The molecule has 0 saturated heterocycles. The quantitative estimate of drug-likeness (QED) is 0.696. The van der Waals surface area contributed by atoms with E-state index in [9.17, 15) is 13.2 Å². The lowest BCUT2D eigenvalue weighted by atomic mass is 10.2. The smallest absolute Gasteiger partial charge is 0.195 e. The van der Waals surface area contributed by atoms with Crippen molar-refractivity contribution >= 4 is 11.3 Å². The van der Waals surface area contributed by atoms with Gasteiger partial charge in [-0.2, -0.15) is 0 Å². The number of anilines is 1. The third kappa shape index (κ3) is 1.70. The van der Waals surface area contributed by atoms with Gasteiger partial charge in [0, 0.05) is 11.9 Å². The molecule has 102 valence electrons. The molecule has 0 aliphatic heterocycles. The number of nitrogens with two attached hydrogens (primary N) is 1. The van der Waals surface area contributed by atoms with Gasteiger partial charge in [-0.25, -0.2) is 13.2 Å². The topological polar surface area (TPSA) is 56.2 Å². The number of rotatable bonds is 1. The van der Waals surface area contributed by atoms with E-state index in [1.165, 1.54) is 10.6 Å². The van der Waals surface area contributed by atoms with Crippen LogP contribution in [0, 0.1) is 24.4 Å². The molecule has 20 heavy (non-hydrogen) atoms. The standard InChI is InChI=1S/C13H9F3N4/c1-6-4-7(17)5-20-12(6)18-19-13(20)8-2-3-9(14)11(16)10(8)15/h2-5H,17H2,1H3. The van der Waals surface area contributed by atoms with E-state index in [0.29, 0.717) is 11.3 Å². The second kappa shape index (κ2) is 4.22. The number of nitrogen functional groups attached to an aromatic ring is 1. The average molecular weight is 278 g/mol. The first kappa shape index (κ1) is 12.5. The van der Waals surface area contributed by atoms with Gasteiger partial charge in [0.1, 0.15) is 0 Å². The van der Waals surface area contributed by atoms with Crippen molar-refractivity contribution in [1.82, 2.24) is 14.6 Å². The molecule has 4 nitrogen and oxygen atoms in total. The minimum absolute atomic E-state index is 0.0619. The van der Waals surface area contributed by atoms with Crippen LogP contribution in [-0.4, -0.2) is 14.6 Å². The lowest BCUT2D eigenvalue weighted by Crippen LogP contribution is -1.99. The Kier molecular flexibility index (Phi) is 2.63. The van der Waals surface area contributed by atoms with Crippen molar-refractivity contribution in [2.75, 3.05) is 5.73 Å². The summed E-state index contributed by atoms with van der Waals surface area (Å²) in [5, 5.41) is 7.73. The number of fused-ring (bicyclic) bond motifs is 1. The highest BCUT2D eigenvalue weighted by atomic mass is 19.2. The van der Waals surface area contributed by atoms with E-state index < -0.39 is 17.5 Å². The Morgan fingerprint density at radius 2 is 1.85 bits per heavy atom. The molecule has 0 aliphatic carbocycles. The molecule has 0 aliphatic rings. The van der Waals surface area contributed by atoms with Crippen LogP contribution in [0.25, 0.3) is 17.0 Å². The average Bonchev–Trinajstić information content (AvgIpc) is 2.80. The summed E-state index contributed by atoms with van der Waals surface area (Å²) < 4.78 is 41.5. The van der Waals surface area contributed by atoms with Gasteiger partial charge in [0.25, 0.3) is 0 Å². The molecular formula is C13H9F3N4. The van der Waals surface area contributed by atoms with Gasteiger partial charge in [-0.1, -0.05) is 0 Å². The van der Waals surface area contributed by atoms with Crippen molar-refractivity contribution in [3.63, 3.8) is 0 Å². The summed E-state index contributed by atoms with van der Waals surface area (Å²) in [6.07, 6.45) is 1.50. The highest BCUT2D eigenvalue weighted by Gasteiger charge is 2.19. The Balaban J connectivity index is 2.33. The van der Waals surface area contributed by atoms with Gasteiger partial charge in [0.05, 0.1) is 5.56 Å². The molecule has 0 atom stereocenters. The largest absolute Gasteiger partial charge is 0.398 e. The van der Waals surface area contributed by atoms with E-state index in [4.69, 9.17) is 5.73 Å². The predicted molar refractivity (Wildman–Crippen MR) is 67.4 cm³/mol. The van der Waals surface area contributed by atoms with Gasteiger partial charge in [-0.15, -0.1) is 10.2 Å². The highest BCUT2D eigenvalue weighted by Crippen LogP contribution is 2.26. The summed E-state index contributed by atoms with van der Waals surface area (Å²) in [5.74, 6) is -4.04. The number of hydrogen-bond donors (Lipinski definition) is 1. The van der Waals surface area contributed by atoms with Crippen LogP contribution in [0.5, 0.6) is 0 Å². The van der Waals surface area contributed by atoms with Crippen LogP contribution in [-0.2, 0) is 0 Å². The molecule has 0 amide bonds. The molecule has 0 spiro atoms. The summed E-state index contributed by atoms with van der Waals surface area (Å²) in [4.78, 5) is 0. The van der Waals surface area contributed by atoms with Gasteiger partial charge >= 0.3 is 0 Å². The molecule has 0 unspecified atom stereocenters. The zero-order chi connectivity index (χ0) is 14.4. The fourth-order valence-corrected chi connectivity index (χ4v) is 2.07. The maximum Gasteiger partial charge on any atom is 0.195 e. The molecule has 1 aromatic carbocycles. The lowest BCUT2D eigenvalue weighted by molar-refractivity contribution is 0.448. The van der Waals surface area contributed by atoms with Gasteiger partial charge in [-0.3, -0.25) is 4.40 Å². The molecule has 3 aromatic rings. The van der Waals surface area contributed by atoms with Crippen LogP contribution >= 0.6 is 0 Å². The Bertz CT molecular complexity index is 826. The highest BCUT2D eigenvalue weighted by molar-refractivity contribution is 5.64. The fourth-order valence-electron chi connectivity index (χ4n) is 2.07. The zero-order valence-electron chi connectivity index (χ0n) is 10.4. The molecule has 2 N–H and O–H groups in total. The summed E-state index contributed by atoms with van der Waals surface area (Å²) in [7, 11) is 0. The number of pyridine rings is 1. The second-order valence-electron chi connectivity index (χ2n) is 4.40. The molecule has 0 radical (unpaired) electrons. The van der Waals surface area contributed by atoms with Crippen LogP contribution in [0.1, 0.15) is 5.56 Å². The van der Waals surface area contributed by atoms with Crippen LogP contribution in [0.4, 0.5) is 18.9 Å². The van der Waals surface area contributed by atoms with Crippen molar-refractivity contribution in [3.05, 3.63) is 47.4 Å². The maximum absolute atomic E-state index is 13.8. The number of aromatic nitrogens is 3. The molecular weight excluding hydrogens is 269 g/mol. The van der Waals surface area contributed by atoms with Crippen LogP contribution in [0.2, 0.25) is 0 Å². The van der Waals surface area contributed by atoms with Crippen molar-refractivity contribution in [3.8, 4) is 11.4 Å². The number of aryl methyl sites for hydroxylation is 1. The second-order valence-corrected chi connectivity index (χ2v) is 4.40.